The van der Waals surface area contributed by atoms with E-state index < -0.39 is 12.0 Å². The van der Waals surface area contributed by atoms with Gasteiger partial charge in [-0.15, -0.1) is 0 Å². The molecule has 0 bridgehead atoms. The average molecular weight is 275 g/mol. The van der Waals surface area contributed by atoms with Crippen molar-refractivity contribution >= 4 is 11.9 Å². The van der Waals surface area contributed by atoms with Crippen LogP contribution in [0.5, 0.6) is 0 Å². The lowest BCUT2D eigenvalue weighted by Gasteiger charge is -2.28. The van der Waals surface area contributed by atoms with E-state index in [1.807, 2.05) is 12.1 Å². The van der Waals surface area contributed by atoms with Gasteiger partial charge in [-0.05, 0) is 43.2 Å². The van der Waals surface area contributed by atoms with Crippen LogP contribution in [0.4, 0.5) is 0 Å². The number of aryl methyl sites for hydroxylation is 1. The number of likely N-dealkylation sites (N-methyl/N-ethyl adjacent to an activating group) is 1. The number of hydrogen-bond acceptors (Lipinski definition) is 2. The number of aliphatic carboxylic acids is 1. The van der Waals surface area contributed by atoms with Crippen molar-refractivity contribution in [2.45, 2.75) is 44.6 Å². The van der Waals surface area contributed by atoms with Crippen LogP contribution < -0.4 is 0 Å². The third-order valence-electron chi connectivity index (χ3n) is 4.25. The molecule has 0 aromatic heterocycles. The van der Waals surface area contributed by atoms with Crippen LogP contribution in [0, 0.1) is 0 Å². The molecule has 1 aliphatic rings. The third-order valence-corrected chi connectivity index (χ3v) is 4.25. The van der Waals surface area contributed by atoms with Crippen molar-refractivity contribution in [2.24, 2.45) is 0 Å². The smallest absolute Gasteiger partial charge is 0.326 e. The molecule has 1 N–H and O–H groups in total. The molecule has 0 saturated heterocycles. The predicted octanol–water partition coefficient (Wildman–Crippen LogP) is 2.43. The topological polar surface area (TPSA) is 57.6 Å². The summed E-state index contributed by atoms with van der Waals surface area (Å²) >= 11 is 0. The Morgan fingerprint density at radius 3 is 2.80 bits per heavy atom. The maximum atomic E-state index is 12.2. The molecule has 1 amide bonds. The van der Waals surface area contributed by atoms with E-state index in [0.717, 1.165) is 19.3 Å². The molecule has 2 unspecified atom stereocenters. The molecule has 2 atom stereocenters. The third kappa shape index (κ3) is 3.00. The number of carboxylic acids is 1. The fourth-order valence-electron chi connectivity index (χ4n) is 2.80. The van der Waals surface area contributed by atoms with Gasteiger partial charge in [0.1, 0.15) is 6.04 Å². The summed E-state index contributed by atoms with van der Waals surface area (Å²) < 4.78 is 0. The van der Waals surface area contributed by atoms with E-state index in [0.29, 0.717) is 6.42 Å². The van der Waals surface area contributed by atoms with Crippen LogP contribution in [0.3, 0.4) is 0 Å². The second-order valence-electron chi connectivity index (χ2n) is 5.51. The summed E-state index contributed by atoms with van der Waals surface area (Å²) in [6, 6.07) is 7.47. The second kappa shape index (κ2) is 6.07. The summed E-state index contributed by atoms with van der Waals surface area (Å²) in [6.45, 7) is 1.54. The van der Waals surface area contributed by atoms with Crippen molar-refractivity contribution in [3.05, 3.63) is 35.4 Å². The molecule has 2 rings (SSSR count). The summed E-state index contributed by atoms with van der Waals surface area (Å²) in [5.41, 5.74) is 2.58. The van der Waals surface area contributed by atoms with E-state index in [4.69, 9.17) is 5.11 Å². The Balaban J connectivity index is 2.08. The van der Waals surface area contributed by atoms with Gasteiger partial charge in [-0.3, -0.25) is 4.79 Å². The number of carboxylic acid groups (broad SMARTS) is 1. The number of rotatable bonds is 4. The molecular formula is C16H21NO3. The standard InChI is InChI=1S/C16H21NO3/c1-11(16(19)20)17(2)15(18)10-13-8-5-7-12-6-3-4-9-14(12)13/h3-4,6,9,11,13H,5,7-8,10H2,1-2H3,(H,19,20). The number of carbonyl (C=O) groups is 2. The van der Waals surface area contributed by atoms with E-state index >= 15 is 0 Å². The van der Waals surface area contributed by atoms with E-state index in [1.54, 1.807) is 7.05 Å². The Labute approximate surface area is 119 Å². The molecule has 1 aromatic rings. The molecule has 0 aliphatic heterocycles. The molecular weight excluding hydrogens is 254 g/mol. The first-order chi connectivity index (χ1) is 9.50. The minimum Gasteiger partial charge on any atom is -0.480 e. The van der Waals surface area contributed by atoms with Gasteiger partial charge in [-0.1, -0.05) is 24.3 Å². The number of hydrogen-bond donors (Lipinski definition) is 1. The maximum absolute atomic E-state index is 12.2. The predicted molar refractivity (Wildman–Crippen MR) is 76.6 cm³/mol. The Morgan fingerprint density at radius 1 is 1.40 bits per heavy atom. The fourth-order valence-corrected chi connectivity index (χ4v) is 2.80. The lowest BCUT2D eigenvalue weighted by atomic mass is 9.81. The highest BCUT2D eigenvalue weighted by molar-refractivity contribution is 5.83. The first kappa shape index (κ1) is 14.6. The first-order valence-electron chi connectivity index (χ1n) is 7.07. The van der Waals surface area contributed by atoms with Gasteiger partial charge in [-0.25, -0.2) is 4.79 Å². The lowest BCUT2D eigenvalue weighted by Crippen LogP contribution is -2.40. The monoisotopic (exact) mass is 275 g/mol. The number of nitrogens with zero attached hydrogens (tertiary/aromatic N) is 1. The molecule has 20 heavy (non-hydrogen) atoms. The Bertz CT molecular complexity index is 512. The van der Waals surface area contributed by atoms with E-state index in [2.05, 4.69) is 12.1 Å². The highest BCUT2D eigenvalue weighted by Crippen LogP contribution is 2.34. The maximum Gasteiger partial charge on any atom is 0.326 e. The Hall–Kier alpha value is -1.84. The van der Waals surface area contributed by atoms with Crippen LogP contribution in [0.1, 0.15) is 43.2 Å². The number of carbonyl (C=O) groups excluding carboxylic acids is 1. The van der Waals surface area contributed by atoms with Gasteiger partial charge >= 0.3 is 5.97 Å². The molecule has 0 fully saturated rings. The van der Waals surface area contributed by atoms with Crippen LogP contribution in [-0.2, 0) is 16.0 Å². The van der Waals surface area contributed by atoms with Crippen LogP contribution in [0.15, 0.2) is 24.3 Å². The van der Waals surface area contributed by atoms with Crippen LogP contribution in [0.25, 0.3) is 0 Å². The molecule has 1 aromatic carbocycles. The summed E-state index contributed by atoms with van der Waals surface area (Å²) in [5, 5.41) is 8.97. The molecule has 0 saturated carbocycles. The molecule has 0 heterocycles. The summed E-state index contributed by atoms with van der Waals surface area (Å²) in [7, 11) is 1.57. The molecule has 0 radical (unpaired) electrons. The van der Waals surface area contributed by atoms with Crippen LogP contribution in [0.2, 0.25) is 0 Å². The van der Waals surface area contributed by atoms with Crippen molar-refractivity contribution in [3.63, 3.8) is 0 Å². The quantitative estimate of drug-likeness (QED) is 0.918. The van der Waals surface area contributed by atoms with Crippen LogP contribution in [-0.4, -0.2) is 35.0 Å². The van der Waals surface area contributed by atoms with Gasteiger partial charge in [0.2, 0.25) is 5.91 Å². The zero-order chi connectivity index (χ0) is 14.7. The Kier molecular flexibility index (Phi) is 4.42. The summed E-state index contributed by atoms with van der Waals surface area (Å²) in [4.78, 5) is 24.5. The fraction of sp³-hybridized carbons (Fsp3) is 0.500. The van der Waals surface area contributed by atoms with Crippen molar-refractivity contribution in [1.82, 2.24) is 4.90 Å². The first-order valence-corrected chi connectivity index (χ1v) is 7.07. The van der Waals surface area contributed by atoms with Gasteiger partial charge < -0.3 is 10.0 Å². The van der Waals surface area contributed by atoms with E-state index in [9.17, 15) is 9.59 Å². The van der Waals surface area contributed by atoms with Gasteiger partial charge in [-0.2, -0.15) is 0 Å². The SMILES string of the molecule is CC(C(=O)O)N(C)C(=O)CC1CCCc2ccccc21. The second-order valence-corrected chi connectivity index (χ2v) is 5.51. The van der Waals surface area contributed by atoms with E-state index in [-0.39, 0.29) is 11.8 Å². The molecule has 108 valence electrons. The minimum atomic E-state index is -0.968. The van der Waals surface area contributed by atoms with Crippen molar-refractivity contribution in [3.8, 4) is 0 Å². The zero-order valence-electron chi connectivity index (χ0n) is 12.0. The van der Waals surface area contributed by atoms with Gasteiger partial charge in [0.25, 0.3) is 0 Å². The molecule has 1 aliphatic carbocycles. The minimum absolute atomic E-state index is 0.0957. The molecule has 4 nitrogen and oxygen atoms in total. The van der Waals surface area contributed by atoms with Crippen molar-refractivity contribution in [1.29, 1.82) is 0 Å². The van der Waals surface area contributed by atoms with Crippen molar-refractivity contribution in [2.75, 3.05) is 7.05 Å². The normalized spacial score (nSPS) is 19.0. The number of fused-ring (bicyclic) bond motifs is 1. The summed E-state index contributed by atoms with van der Waals surface area (Å²) in [6.07, 6.45) is 3.55. The lowest BCUT2D eigenvalue weighted by molar-refractivity contribution is -0.148. The molecule has 0 spiro atoms. The number of benzene rings is 1. The average Bonchev–Trinajstić information content (AvgIpc) is 2.46. The highest BCUT2D eigenvalue weighted by atomic mass is 16.4. The van der Waals surface area contributed by atoms with Gasteiger partial charge in [0.05, 0.1) is 0 Å². The largest absolute Gasteiger partial charge is 0.480 e. The summed E-state index contributed by atoms with van der Waals surface area (Å²) in [5.74, 6) is -0.845. The van der Waals surface area contributed by atoms with Crippen molar-refractivity contribution < 1.29 is 14.7 Å². The van der Waals surface area contributed by atoms with Crippen LogP contribution >= 0.6 is 0 Å². The Morgan fingerprint density at radius 2 is 2.10 bits per heavy atom. The number of amides is 1. The van der Waals surface area contributed by atoms with E-state index in [1.165, 1.54) is 23.0 Å². The van der Waals surface area contributed by atoms with Gasteiger partial charge in [0.15, 0.2) is 0 Å². The van der Waals surface area contributed by atoms with Gasteiger partial charge in [0, 0.05) is 13.5 Å². The zero-order valence-corrected chi connectivity index (χ0v) is 12.0. The highest BCUT2D eigenvalue weighted by Gasteiger charge is 2.27. The molecule has 4 heteroatoms.